The Morgan fingerprint density at radius 3 is 2.26 bits per heavy atom. The SMILES string of the molecule is CCN(CC)CCCCNC(=NC)NCCC(C)c1ccc(OC)cc1.I. The lowest BCUT2D eigenvalue weighted by Crippen LogP contribution is -2.38. The molecule has 0 fully saturated rings. The molecule has 0 heterocycles. The number of unbranched alkanes of at least 4 members (excludes halogenated alkanes) is 1. The number of benzene rings is 1. The van der Waals surface area contributed by atoms with Crippen molar-refractivity contribution in [3.63, 3.8) is 0 Å². The van der Waals surface area contributed by atoms with Crippen LogP contribution in [0.1, 0.15) is 51.5 Å². The number of hydrogen-bond donors (Lipinski definition) is 2. The van der Waals surface area contributed by atoms with E-state index < -0.39 is 0 Å². The number of methoxy groups -OCH3 is 1. The summed E-state index contributed by atoms with van der Waals surface area (Å²) in [7, 11) is 3.53. The molecule has 0 radical (unpaired) electrons. The van der Waals surface area contributed by atoms with Crippen molar-refractivity contribution in [2.45, 2.75) is 46.0 Å². The van der Waals surface area contributed by atoms with Crippen LogP contribution in [0.3, 0.4) is 0 Å². The summed E-state index contributed by atoms with van der Waals surface area (Å²) in [6.45, 7) is 12.0. The van der Waals surface area contributed by atoms with Gasteiger partial charge in [-0.05, 0) is 62.5 Å². The van der Waals surface area contributed by atoms with Gasteiger partial charge in [-0.1, -0.05) is 32.9 Å². The largest absolute Gasteiger partial charge is 0.497 e. The molecule has 1 atom stereocenters. The van der Waals surface area contributed by atoms with Gasteiger partial charge in [0.05, 0.1) is 7.11 Å². The first kappa shape index (κ1) is 26.0. The molecule has 6 heteroatoms. The predicted molar refractivity (Wildman–Crippen MR) is 128 cm³/mol. The fourth-order valence-electron chi connectivity index (χ4n) is 2.93. The first-order valence-electron chi connectivity index (χ1n) is 9.95. The molecule has 1 unspecified atom stereocenters. The fourth-order valence-corrected chi connectivity index (χ4v) is 2.93. The summed E-state index contributed by atoms with van der Waals surface area (Å²) in [5, 5.41) is 6.83. The summed E-state index contributed by atoms with van der Waals surface area (Å²) in [5.74, 6) is 2.31. The molecule has 0 saturated carbocycles. The van der Waals surface area contributed by atoms with Gasteiger partial charge in [0.2, 0.25) is 0 Å². The van der Waals surface area contributed by atoms with E-state index in [-0.39, 0.29) is 24.0 Å². The van der Waals surface area contributed by atoms with Crippen LogP contribution in [-0.2, 0) is 0 Å². The normalized spacial score (nSPS) is 12.4. The second kappa shape index (κ2) is 16.0. The standard InChI is InChI=1S/C21H38N4O.HI/c1-6-25(7-2)17-9-8-15-23-21(22-4)24-16-14-18(3)19-10-12-20(26-5)13-11-19;/h10-13,18H,6-9,14-17H2,1-5H3,(H2,22,23,24);1H. The van der Waals surface area contributed by atoms with Crippen LogP contribution in [0.15, 0.2) is 29.3 Å². The average molecular weight is 490 g/mol. The number of nitrogens with zero attached hydrogens (tertiary/aromatic N) is 2. The number of aliphatic imine (C=N–C) groups is 1. The molecule has 0 saturated heterocycles. The maximum absolute atomic E-state index is 5.22. The molecule has 1 rings (SSSR count). The van der Waals surface area contributed by atoms with Gasteiger partial charge < -0.3 is 20.3 Å². The van der Waals surface area contributed by atoms with E-state index in [1.165, 1.54) is 24.9 Å². The minimum absolute atomic E-state index is 0. The Bertz CT molecular complexity index is 503. The Morgan fingerprint density at radius 2 is 1.70 bits per heavy atom. The lowest BCUT2D eigenvalue weighted by molar-refractivity contribution is 0.297. The number of rotatable bonds is 12. The number of nitrogens with one attached hydrogen (secondary N) is 2. The maximum atomic E-state index is 5.22. The van der Waals surface area contributed by atoms with E-state index in [2.05, 4.69) is 53.4 Å². The van der Waals surface area contributed by atoms with Crippen LogP contribution in [0.25, 0.3) is 0 Å². The van der Waals surface area contributed by atoms with E-state index in [1.54, 1.807) is 7.11 Å². The monoisotopic (exact) mass is 490 g/mol. The number of ether oxygens (including phenoxy) is 1. The summed E-state index contributed by atoms with van der Waals surface area (Å²) in [6, 6.07) is 8.34. The van der Waals surface area contributed by atoms with Crippen LogP contribution in [0, 0.1) is 0 Å². The van der Waals surface area contributed by atoms with E-state index in [4.69, 9.17) is 4.74 Å². The van der Waals surface area contributed by atoms with Crippen molar-refractivity contribution in [2.24, 2.45) is 4.99 Å². The highest BCUT2D eigenvalue weighted by atomic mass is 127. The first-order valence-corrected chi connectivity index (χ1v) is 9.95. The van der Waals surface area contributed by atoms with Gasteiger partial charge >= 0.3 is 0 Å². The fraction of sp³-hybridized carbons (Fsp3) is 0.667. The Balaban J connectivity index is 0.00000676. The molecule has 5 nitrogen and oxygen atoms in total. The van der Waals surface area contributed by atoms with Crippen LogP contribution in [0.5, 0.6) is 5.75 Å². The van der Waals surface area contributed by atoms with E-state index in [1.807, 2.05) is 19.2 Å². The zero-order chi connectivity index (χ0) is 19.2. The molecule has 0 bridgehead atoms. The zero-order valence-corrected chi connectivity index (χ0v) is 20.1. The first-order chi connectivity index (χ1) is 12.6. The molecule has 0 aliphatic rings. The topological polar surface area (TPSA) is 48.9 Å². The molecule has 2 N–H and O–H groups in total. The van der Waals surface area contributed by atoms with Gasteiger partial charge in [0, 0.05) is 20.1 Å². The Hall–Kier alpha value is -1.02. The van der Waals surface area contributed by atoms with Crippen molar-refractivity contribution in [2.75, 3.05) is 46.9 Å². The summed E-state index contributed by atoms with van der Waals surface area (Å²) in [5.41, 5.74) is 1.34. The van der Waals surface area contributed by atoms with Gasteiger partial charge in [0.25, 0.3) is 0 Å². The summed E-state index contributed by atoms with van der Waals surface area (Å²) >= 11 is 0. The Morgan fingerprint density at radius 1 is 1.07 bits per heavy atom. The van der Waals surface area contributed by atoms with Crippen molar-refractivity contribution in [1.29, 1.82) is 0 Å². The maximum Gasteiger partial charge on any atom is 0.190 e. The number of halogens is 1. The van der Waals surface area contributed by atoms with Crippen LogP contribution in [-0.4, -0.2) is 57.7 Å². The van der Waals surface area contributed by atoms with Gasteiger partial charge in [-0.25, -0.2) is 0 Å². The molecule has 0 spiro atoms. The third-order valence-corrected chi connectivity index (χ3v) is 4.87. The van der Waals surface area contributed by atoms with Crippen LogP contribution >= 0.6 is 24.0 Å². The van der Waals surface area contributed by atoms with E-state index in [9.17, 15) is 0 Å². The Labute approximate surface area is 183 Å². The Kier molecular flexibility index (Phi) is 15.4. The van der Waals surface area contributed by atoms with Gasteiger partial charge in [-0.3, -0.25) is 4.99 Å². The molecule has 0 aliphatic heterocycles. The number of hydrogen-bond acceptors (Lipinski definition) is 3. The predicted octanol–water partition coefficient (Wildman–Crippen LogP) is 4.09. The van der Waals surface area contributed by atoms with E-state index in [0.29, 0.717) is 5.92 Å². The lowest BCUT2D eigenvalue weighted by atomic mass is 9.98. The van der Waals surface area contributed by atoms with Crippen LogP contribution in [0.2, 0.25) is 0 Å². The van der Waals surface area contributed by atoms with Gasteiger partial charge in [-0.15, -0.1) is 24.0 Å². The third-order valence-electron chi connectivity index (χ3n) is 4.87. The van der Waals surface area contributed by atoms with Crippen molar-refractivity contribution in [1.82, 2.24) is 15.5 Å². The zero-order valence-electron chi connectivity index (χ0n) is 17.8. The molecular weight excluding hydrogens is 451 g/mol. The van der Waals surface area contributed by atoms with Gasteiger partial charge in [0.1, 0.15) is 5.75 Å². The number of guanidine groups is 1. The molecule has 0 amide bonds. The van der Waals surface area contributed by atoms with Crippen LogP contribution in [0.4, 0.5) is 0 Å². The van der Waals surface area contributed by atoms with E-state index in [0.717, 1.165) is 44.3 Å². The van der Waals surface area contributed by atoms with Crippen molar-refractivity contribution in [3.8, 4) is 5.75 Å². The molecule has 156 valence electrons. The van der Waals surface area contributed by atoms with Crippen molar-refractivity contribution in [3.05, 3.63) is 29.8 Å². The minimum Gasteiger partial charge on any atom is -0.497 e. The van der Waals surface area contributed by atoms with Crippen LogP contribution < -0.4 is 15.4 Å². The van der Waals surface area contributed by atoms with Crippen molar-refractivity contribution >= 4 is 29.9 Å². The molecular formula is C21H39IN4O. The second-order valence-electron chi connectivity index (χ2n) is 6.62. The highest BCUT2D eigenvalue weighted by Crippen LogP contribution is 2.21. The molecule has 1 aromatic rings. The average Bonchev–Trinajstić information content (AvgIpc) is 2.69. The minimum atomic E-state index is 0. The molecule has 27 heavy (non-hydrogen) atoms. The summed E-state index contributed by atoms with van der Waals surface area (Å²) < 4.78 is 5.22. The highest BCUT2D eigenvalue weighted by Gasteiger charge is 2.06. The lowest BCUT2D eigenvalue weighted by Gasteiger charge is -2.18. The molecule has 0 aliphatic carbocycles. The third kappa shape index (κ3) is 10.8. The smallest absolute Gasteiger partial charge is 0.190 e. The second-order valence-corrected chi connectivity index (χ2v) is 6.62. The van der Waals surface area contributed by atoms with Gasteiger partial charge in [0.15, 0.2) is 5.96 Å². The molecule has 1 aromatic carbocycles. The van der Waals surface area contributed by atoms with E-state index >= 15 is 0 Å². The highest BCUT2D eigenvalue weighted by molar-refractivity contribution is 14.0. The summed E-state index contributed by atoms with van der Waals surface area (Å²) in [4.78, 5) is 6.78. The van der Waals surface area contributed by atoms with Gasteiger partial charge in [-0.2, -0.15) is 0 Å². The van der Waals surface area contributed by atoms with Crippen molar-refractivity contribution < 1.29 is 4.74 Å². The summed E-state index contributed by atoms with van der Waals surface area (Å²) in [6.07, 6.45) is 3.45. The quantitative estimate of drug-likeness (QED) is 0.201. The molecule has 0 aromatic heterocycles.